The van der Waals surface area contributed by atoms with E-state index in [9.17, 15) is 0 Å². The summed E-state index contributed by atoms with van der Waals surface area (Å²) in [6, 6.07) is 55.9. The van der Waals surface area contributed by atoms with E-state index in [4.69, 9.17) is 13.6 Å². The van der Waals surface area contributed by atoms with E-state index in [-0.39, 0.29) is 12.1 Å². The number of pyridine rings is 2. The van der Waals surface area contributed by atoms with Crippen LogP contribution in [0, 0.1) is 13.8 Å². The molecular weight excluding hydrogens is 1000 g/mol. The second-order valence-electron chi connectivity index (χ2n) is 23.5. The zero-order valence-electron chi connectivity index (χ0n) is 49.9. The molecule has 0 aliphatic carbocycles. The molecule has 2 aromatic heterocycles. The molecule has 0 bridgehead atoms. The van der Waals surface area contributed by atoms with Gasteiger partial charge in [0.1, 0.15) is 36.3 Å². The standard InChI is InChI=1S/C67H68N10O2Si/c1-45-29-63-64(30-46(45)2)77(52-31-47(67(3,4)5)32-56(35-52)78-54-17-13-15-50(33-54)72-41-70(6)65-39-68-27-25-61(65)72)44-75(63)49-23-21-48(22-24-49)74-43-76(60-20-12-11-19-59(60)74)53-36-57(38-58(37-53)80(8,9)10)79-55-18-14-16-51(34-55)73-42-71(7)66-40-69-28-26-62(66)73/h11-40H,41-44H2,1-10H3/i7D3. The van der Waals surface area contributed by atoms with Gasteiger partial charge in [0.15, 0.2) is 0 Å². The van der Waals surface area contributed by atoms with E-state index in [2.05, 4.69) is 222 Å². The quantitative estimate of drug-likeness (QED) is 0.116. The highest BCUT2D eigenvalue weighted by atomic mass is 28.3. The van der Waals surface area contributed by atoms with Crippen LogP contribution < -0.4 is 53.9 Å². The lowest BCUT2D eigenvalue weighted by Gasteiger charge is -2.27. The van der Waals surface area contributed by atoms with Gasteiger partial charge in [0, 0.05) is 88.9 Å². The summed E-state index contributed by atoms with van der Waals surface area (Å²) < 4.78 is 38.3. The molecule has 0 atom stereocenters. The fourth-order valence-corrected chi connectivity index (χ4v) is 12.6. The Morgan fingerprint density at radius 3 is 1.41 bits per heavy atom. The van der Waals surface area contributed by atoms with Crippen molar-refractivity contribution in [3.8, 4) is 23.0 Å². The zero-order chi connectivity index (χ0) is 57.7. The lowest BCUT2D eigenvalue weighted by molar-refractivity contribution is 0.478. The molecule has 402 valence electrons. The van der Waals surface area contributed by atoms with Gasteiger partial charge in [-0.3, -0.25) is 9.97 Å². The van der Waals surface area contributed by atoms with Gasteiger partial charge in [-0.05, 0) is 145 Å². The summed E-state index contributed by atoms with van der Waals surface area (Å²) in [4.78, 5) is 26.2. The molecule has 7 aromatic carbocycles. The molecule has 9 aromatic rings. The highest BCUT2D eigenvalue weighted by molar-refractivity contribution is 6.88. The average molecular weight is 1080 g/mol. The maximum Gasteiger partial charge on any atom is 0.129 e. The summed E-state index contributed by atoms with van der Waals surface area (Å²) in [6.45, 7) is 18.1. The van der Waals surface area contributed by atoms with Gasteiger partial charge in [0.2, 0.25) is 0 Å². The van der Waals surface area contributed by atoms with Crippen LogP contribution in [0.15, 0.2) is 183 Å². The Morgan fingerprint density at radius 1 is 0.425 bits per heavy atom. The number of hydrogen-bond donors (Lipinski definition) is 0. The second-order valence-corrected chi connectivity index (χ2v) is 28.6. The highest BCUT2D eigenvalue weighted by Crippen LogP contribution is 2.50. The first-order valence-corrected chi connectivity index (χ1v) is 30.9. The first kappa shape index (κ1) is 47.1. The first-order valence-electron chi connectivity index (χ1n) is 28.9. The van der Waals surface area contributed by atoms with Crippen molar-refractivity contribution in [3.05, 3.63) is 199 Å². The van der Waals surface area contributed by atoms with Gasteiger partial charge in [0.05, 0.1) is 79.3 Å². The number of benzene rings is 7. The third-order valence-corrected chi connectivity index (χ3v) is 18.0. The predicted octanol–water partition coefficient (Wildman–Crippen LogP) is 16.1. The van der Waals surface area contributed by atoms with Crippen LogP contribution in [0.25, 0.3) is 0 Å². The molecule has 12 nitrogen and oxygen atoms in total. The second kappa shape index (κ2) is 19.5. The number of hydrogen-bond acceptors (Lipinski definition) is 12. The maximum absolute atomic E-state index is 8.22. The Labute approximate surface area is 476 Å². The SMILES string of the molecule is [2H]C([2H])([2H])N1CN(c2cccc(Oc3cc(N4CN(c5ccc(N6CN(c7cc(Oc8cccc(N9CN(C)c%10cnccc%109)c8)cc(C(C)(C)C)c7)c7cc(C)c(C)cc76)cc5)c5ccccc54)cc([Si](C)(C)C)c3)c2)c2ccncc21. The fourth-order valence-electron chi connectivity index (χ4n) is 11.4. The topological polar surface area (TPSA) is 70.2 Å². The third kappa shape index (κ3) is 9.24. The molecule has 0 saturated heterocycles. The summed E-state index contributed by atoms with van der Waals surface area (Å²) in [7, 11) is 0.223. The Morgan fingerprint density at radius 2 is 0.875 bits per heavy atom. The minimum atomic E-state index is -2.32. The van der Waals surface area contributed by atoms with Gasteiger partial charge in [-0.15, -0.1) is 0 Å². The van der Waals surface area contributed by atoms with Crippen molar-refractivity contribution in [3.63, 3.8) is 0 Å². The lowest BCUT2D eigenvalue weighted by atomic mass is 9.86. The Hall–Kier alpha value is -8.94. The van der Waals surface area contributed by atoms with Gasteiger partial charge < -0.3 is 48.7 Å². The molecule has 0 spiro atoms. The monoisotopic (exact) mass is 1080 g/mol. The van der Waals surface area contributed by atoms with Crippen LogP contribution in [0.4, 0.5) is 79.6 Å². The molecule has 0 N–H and O–H groups in total. The van der Waals surface area contributed by atoms with Crippen molar-refractivity contribution in [2.45, 2.75) is 59.7 Å². The molecule has 0 amide bonds. The van der Waals surface area contributed by atoms with Gasteiger partial charge >= 0.3 is 0 Å². The molecular formula is C67H68N10O2Si. The van der Waals surface area contributed by atoms with Crippen molar-refractivity contribution in [1.82, 2.24) is 9.97 Å². The number of fused-ring (bicyclic) bond motifs is 4. The van der Waals surface area contributed by atoms with Crippen LogP contribution >= 0.6 is 0 Å². The van der Waals surface area contributed by atoms with E-state index in [0.717, 1.165) is 97.9 Å². The Balaban J connectivity index is 0.777. The lowest BCUT2D eigenvalue weighted by Crippen LogP contribution is -2.38. The first-order chi connectivity index (χ1) is 39.7. The number of anilines is 14. The molecule has 0 saturated carbocycles. The summed E-state index contributed by atoms with van der Waals surface area (Å²) in [5.41, 5.74) is 17.9. The minimum Gasteiger partial charge on any atom is -0.457 e. The van der Waals surface area contributed by atoms with Gasteiger partial charge in [-0.25, -0.2) is 0 Å². The number of aromatic nitrogens is 2. The molecule has 4 aliphatic rings. The highest BCUT2D eigenvalue weighted by Gasteiger charge is 2.34. The van der Waals surface area contributed by atoms with Crippen LogP contribution in [0.5, 0.6) is 23.0 Å². The molecule has 13 heteroatoms. The van der Waals surface area contributed by atoms with E-state index in [1.807, 2.05) is 53.7 Å². The summed E-state index contributed by atoms with van der Waals surface area (Å²) in [5.74, 6) is 2.97. The zero-order valence-corrected chi connectivity index (χ0v) is 47.9. The van der Waals surface area contributed by atoms with Crippen molar-refractivity contribution in [2.24, 2.45) is 0 Å². The molecule has 0 unspecified atom stereocenters. The van der Waals surface area contributed by atoms with E-state index in [0.29, 0.717) is 24.8 Å². The van der Waals surface area contributed by atoms with Crippen molar-refractivity contribution >= 4 is 92.9 Å². The van der Waals surface area contributed by atoms with E-state index >= 15 is 0 Å². The molecule has 4 aliphatic heterocycles. The van der Waals surface area contributed by atoms with Crippen molar-refractivity contribution in [1.29, 1.82) is 0 Å². The molecule has 0 radical (unpaired) electrons. The van der Waals surface area contributed by atoms with E-state index in [1.54, 1.807) is 12.4 Å². The Kier molecular flexibility index (Phi) is 11.4. The Bertz CT molecular complexity index is 3980. The molecule has 80 heavy (non-hydrogen) atoms. The van der Waals surface area contributed by atoms with Crippen LogP contribution in [0.1, 0.15) is 41.6 Å². The van der Waals surface area contributed by atoms with Crippen LogP contribution in [-0.2, 0) is 5.41 Å². The van der Waals surface area contributed by atoms with E-state index < -0.39 is 15.0 Å². The minimum absolute atomic E-state index is 0.144. The normalized spacial score (nSPS) is 15.4. The number of aryl methyl sites for hydroxylation is 2. The summed E-state index contributed by atoms with van der Waals surface area (Å²) >= 11 is 0. The molecule has 0 fully saturated rings. The fraction of sp³-hybridized carbons (Fsp3) is 0.224. The van der Waals surface area contributed by atoms with E-state index in [1.165, 1.54) is 26.8 Å². The van der Waals surface area contributed by atoms with Gasteiger partial charge in [-0.2, -0.15) is 0 Å². The molecule has 13 rings (SSSR count). The third-order valence-electron chi connectivity index (χ3n) is 16.0. The number of rotatable bonds is 11. The van der Waals surface area contributed by atoms with Crippen LogP contribution in [0.2, 0.25) is 19.6 Å². The largest absolute Gasteiger partial charge is 0.457 e. The summed E-state index contributed by atoms with van der Waals surface area (Å²) in [5, 5.41) is 1.27. The number of nitrogens with zero attached hydrogens (tertiary/aromatic N) is 10. The molecule has 6 heterocycles. The van der Waals surface area contributed by atoms with Crippen LogP contribution in [0.3, 0.4) is 0 Å². The van der Waals surface area contributed by atoms with Crippen LogP contribution in [-0.4, -0.2) is 58.7 Å². The number of ether oxygens (including phenoxy) is 2. The van der Waals surface area contributed by atoms with Crippen molar-refractivity contribution in [2.75, 3.05) is 79.9 Å². The van der Waals surface area contributed by atoms with Gasteiger partial charge in [-0.1, -0.05) is 69.9 Å². The predicted molar refractivity (Wildman–Crippen MR) is 334 cm³/mol. The average Bonchev–Trinajstić information content (AvgIpc) is 3.51. The maximum atomic E-state index is 8.22. The van der Waals surface area contributed by atoms with Gasteiger partial charge in [0.25, 0.3) is 0 Å². The number of para-hydroxylation sites is 2. The van der Waals surface area contributed by atoms with Crippen molar-refractivity contribution < 1.29 is 13.6 Å². The smallest absolute Gasteiger partial charge is 0.129 e. The summed E-state index contributed by atoms with van der Waals surface area (Å²) in [6.07, 6.45) is 7.09.